The number of nitrogens with one attached hydrogen (secondary N) is 1. The highest BCUT2D eigenvalue weighted by molar-refractivity contribution is 7.99. The van der Waals surface area contributed by atoms with Gasteiger partial charge in [0.05, 0.1) is 5.75 Å². The first-order valence-electron chi connectivity index (χ1n) is 10.1. The Morgan fingerprint density at radius 2 is 2.03 bits per heavy atom. The van der Waals surface area contributed by atoms with Crippen molar-refractivity contribution in [2.24, 2.45) is 0 Å². The zero-order chi connectivity index (χ0) is 22.5. The van der Waals surface area contributed by atoms with Gasteiger partial charge in [0, 0.05) is 25.3 Å². The van der Waals surface area contributed by atoms with E-state index in [4.69, 9.17) is 0 Å². The lowest BCUT2D eigenvalue weighted by Crippen LogP contribution is -2.23. The number of carbonyl (C=O) groups is 1. The van der Waals surface area contributed by atoms with Crippen LogP contribution in [-0.2, 0) is 11.3 Å². The topological polar surface area (TPSA) is 80.1 Å². The van der Waals surface area contributed by atoms with Crippen LogP contribution in [0.15, 0.2) is 40.8 Å². The Kier molecular flexibility index (Phi) is 7.50. The molecule has 9 heteroatoms. The average Bonchev–Trinajstić information content (AvgIpc) is 3.16. The summed E-state index contributed by atoms with van der Waals surface area (Å²) in [6, 6.07) is 5.88. The van der Waals surface area contributed by atoms with Gasteiger partial charge in [-0.3, -0.25) is 14.2 Å². The number of thioether (sulfide) groups is 1. The Morgan fingerprint density at radius 3 is 2.68 bits per heavy atom. The first-order chi connectivity index (χ1) is 14.9. The zero-order valence-electron chi connectivity index (χ0n) is 18.3. The van der Waals surface area contributed by atoms with E-state index in [2.05, 4.69) is 40.6 Å². The molecule has 1 amide bonds. The number of allylic oxidation sites excluding steroid dienone is 1. The van der Waals surface area contributed by atoms with Crippen LogP contribution < -0.4 is 15.8 Å². The molecule has 3 rings (SSSR count). The van der Waals surface area contributed by atoms with Crippen molar-refractivity contribution in [3.8, 4) is 0 Å². The summed E-state index contributed by atoms with van der Waals surface area (Å²) in [6.07, 6.45) is 1.65. The predicted molar refractivity (Wildman–Crippen MR) is 131 cm³/mol. The van der Waals surface area contributed by atoms with Gasteiger partial charge >= 0.3 is 0 Å². The number of nitrogens with zero attached hydrogens (tertiary/aromatic N) is 4. The van der Waals surface area contributed by atoms with Gasteiger partial charge in [-0.15, -0.1) is 6.58 Å². The standard InChI is InChI=1S/C22H27N5O2S2/c1-6-11-27-20(29)18-19(24-21(31-18)26(7-2)8-3)25-22(27)30-13-17(28)23-16-10-9-14(4)12-15(16)5/h6,9-10,12H,1,7-8,11,13H2,2-5H3,(H,23,28). The second-order valence-electron chi connectivity index (χ2n) is 7.08. The lowest BCUT2D eigenvalue weighted by atomic mass is 10.1. The van der Waals surface area contributed by atoms with Gasteiger partial charge in [-0.25, -0.2) is 4.98 Å². The summed E-state index contributed by atoms with van der Waals surface area (Å²) in [5, 5.41) is 4.17. The number of aromatic nitrogens is 3. The molecule has 2 heterocycles. The van der Waals surface area contributed by atoms with Crippen molar-refractivity contribution in [1.29, 1.82) is 0 Å². The quantitative estimate of drug-likeness (QED) is 0.294. The fourth-order valence-electron chi connectivity index (χ4n) is 3.18. The molecular weight excluding hydrogens is 430 g/mol. The fraction of sp³-hybridized carbons (Fsp3) is 0.364. The Labute approximate surface area is 190 Å². The van der Waals surface area contributed by atoms with Gasteiger partial charge in [-0.05, 0) is 39.3 Å². The highest BCUT2D eigenvalue weighted by Crippen LogP contribution is 2.27. The van der Waals surface area contributed by atoms with E-state index in [0.29, 0.717) is 22.0 Å². The third-order valence-electron chi connectivity index (χ3n) is 4.80. The molecule has 7 nitrogen and oxygen atoms in total. The normalized spacial score (nSPS) is 11.0. The van der Waals surface area contributed by atoms with Crippen molar-refractivity contribution in [3.63, 3.8) is 0 Å². The Morgan fingerprint density at radius 1 is 1.29 bits per heavy atom. The smallest absolute Gasteiger partial charge is 0.274 e. The summed E-state index contributed by atoms with van der Waals surface area (Å²) < 4.78 is 2.07. The number of anilines is 2. The average molecular weight is 458 g/mol. The van der Waals surface area contributed by atoms with Gasteiger partial charge in [0.1, 0.15) is 4.70 Å². The molecule has 1 N–H and O–H groups in total. The summed E-state index contributed by atoms with van der Waals surface area (Å²) in [6.45, 7) is 13.8. The van der Waals surface area contributed by atoms with E-state index in [1.165, 1.54) is 23.1 Å². The van der Waals surface area contributed by atoms with Crippen LogP contribution >= 0.6 is 23.1 Å². The minimum absolute atomic E-state index is 0.134. The predicted octanol–water partition coefficient (Wildman–Crippen LogP) is 4.23. The number of hydrogen-bond acceptors (Lipinski definition) is 7. The van der Waals surface area contributed by atoms with Gasteiger partial charge < -0.3 is 10.2 Å². The molecule has 0 fully saturated rings. The Hall–Kier alpha value is -2.65. The van der Waals surface area contributed by atoms with Crippen LogP contribution in [0.3, 0.4) is 0 Å². The first-order valence-corrected chi connectivity index (χ1v) is 11.9. The highest BCUT2D eigenvalue weighted by atomic mass is 32.2. The molecule has 0 unspecified atom stereocenters. The van der Waals surface area contributed by atoms with Crippen LogP contribution in [0.2, 0.25) is 0 Å². The van der Waals surface area contributed by atoms with E-state index in [1.54, 1.807) is 10.6 Å². The van der Waals surface area contributed by atoms with Crippen LogP contribution in [0.4, 0.5) is 10.8 Å². The molecule has 2 aromatic heterocycles. The van der Waals surface area contributed by atoms with Crippen LogP contribution in [0.1, 0.15) is 25.0 Å². The first kappa shape index (κ1) is 23.0. The maximum absolute atomic E-state index is 13.1. The lowest BCUT2D eigenvalue weighted by Gasteiger charge is -2.15. The molecule has 0 saturated carbocycles. The third-order valence-corrected chi connectivity index (χ3v) is 6.87. The Balaban J connectivity index is 1.86. The lowest BCUT2D eigenvalue weighted by molar-refractivity contribution is -0.113. The molecule has 1 aromatic carbocycles. The van der Waals surface area contributed by atoms with Crippen molar-refractivity contribution in [2.75, 3.05) is 29.1 Å². The number of aryl methyl sites for hydroxylation is 2. The van der Waals surface area contributed by atoms with Crippen LogP contribution in [0, 0.1) is 13.8 Å². The molecule has 0 spiro atoms. The molecule has 3 aromatic rings. The summed E-state index contributed by atoms with van der Waals surface area (Å²) in [5.41, 5.74) is 3.20. The molecule has 164 valence electrons. The highest BCUT2D eigenvalue weighted by Gasteiger charge is 2.18. The molecule has 0 radical (unpaired) electrons. The van der Waals surface area contributed by atoms with Crippen molar-refractivity contribution in [3.05, 3.63) is 52.3 Å². The number of carbonyl (C=O) groups excluding carboxylic acids is 1. The SMILES string of the molecule is C=CCn1c(SCC(=O)Nc2ccc(C)cc2C)nc2nc(N(CC)CC)sc2c1=O. The van der Waals surface area contributed by atoms with Crippen LogP contribution in [-0.4, -0.2) is 39.3 Å². The number of hydrogen-bond donors (Lipinski definition) is 1. The Bertz CT molecular complexity index is 1160. The van der Waals surface area contributed by atoms with Crippen molar-refractivity contribution in [2.45, 2.75) is 39.4 Å². The van der Waals surface area contributed by atoms with Gasteiger partial charge in [0.15, 0.2) is 15.9 Å². The molecule has 0 aliphatic rings. The van der Waals surface area contributed by atoms with Crippen LogP contribution in [0.25, 0.3) is 10.3 Å². The summed E-state index contributed by atoms with van der Waals surface area (Å²) in [7, 11) is 0. The summed E-state index contributed by atoms with van der Waals surface area (Å²) in [4.78, 5) is 36.9. The van der Waals surface area contributed by atoms with Gasteiger partial charge in [0.2, 0.25) is 5.91 Å². The minimum Gasteiger partial charge on any atom is -0.349 e. The van der Waals surface area contributed by atoms with E-state index in [1.807, 2.05) is 32.0 Å². The third kappa shape index (κ3) is 5.16. The maximum atomic E-state index is 13.1. The molecule has 0 aliphatic carbocycles. The van der Waals surface area contributed by atoms with E-state index in [0.717, 1.165) is 35.0 Å². The summed E-state index contributed by atoms with van der Waals surface area (Å²) in [5.74, 6) is -0.0197. The number of thiazole rings is 1. The molecule has 0 saturated heterocycles. The number of rotatable bonds is 9. The molecule has 0 bridgehead atoms. The monoisotopic (exact) mass is 457 g/mol. The molecule has 0 aliphatic heterocycles. The molecule has 31 heavy (non-hydrogen) atoms. The largest absolute Gasteiger partial charge is 0.349 e. The van der Waals surface area contributed by atoms with E-state index >= 15 is 0 Å². The second kappa shape index (κ2) is 10.1. The van der Waals surface area contributed by atoms with Crippen molar-refractivity contribution >= 4 is 50.2 Å². The number of amides is 1. The molecule has 0 atom stereocenters. The van der Waals surface area contributed by atoms with E-state index in [-0.39, 0.29) is 17.2 Å². The summed E-state index contributed by atoms with van der Waals surface area (Å²) >= 11 is 2.58. The maximum Gasteiger partial charge on any atom is 0.274 e. The van der Waals surface area contributed by atoms with Crippen molar-refractivity contribution in [1.82, 2.24) is 14.5 Å². The minimum atomic E-state index is -0.155. The zero-order valence-corrected chi connectivity index (χ0v) is 19.9. The van der Waals surface area contributed by atoms with Crippen LogP contribution in [0.5, 0.6) is 0 Å². The van der Waals surface area contributed by atoms with Gasteiger partial charge in [0.25, 0.3) is 5.56 Å². The van der Waals surface area contributed by atoms with Crippen molar-refractivity contribution < 1.29 is 4.79 Å². The number of benzene rings is 1. The van der Waals surface area contributed by atoms with Gasteiger partial charge in [-0.2, -0.15) is 4.98 Å². The van der Waals surface area contributed by atoms with Gasteiger partial charge in [-0.1, -0.05) is 46.9 Å². The molecular formula is C22H27N5O2S2. The van der Waals surface area contributed by atoms with E-state index in [9.17, 15) is 9.59 Å². The fourth-order valence-corrected chi connectivity index (χ4v) is 5.06. The van der Waals surface area contributed by atoms with E-state index < -0.39 is 0 Å². The number of fused-ring (bicyclic) bond motifs is 1. The second-order valence-corrected chi connectivity index (χ2v) is 9.00.